The minimum atomic E-state index is -0.255. The minimum absolute atomic E-state index is 0.255. The Kier molecular flexibility index (Phi) is 11.3. The van der Waals surface area contributed by atoms with E-state index in [-0.39, 0.29) is 11.5 Å². The highest BCUT2D eigenvalue weighted by Gasteiger charge is 2.20. The van der Waals surface area contributed by atoms with Crippen molar-refractivity contribution in [3.05, 3.63) is 65.1 Å². The number of pyridine rings is 1. The van der Waals surface area contributed by atoms with Gasteiger partial charge in [-0.2, -0.15) is 5.26 Å². The van der Waals surface area contributed by atoms with Crippen molar-refractivity contribution < 1.29 is 14.3 Å². The molecule has 1 aromatic heterocycles. The summed E-state index contributed by atoms with van der Waals surface area (Å²) in [6.07, 6.45) is 7.52. The van der Waals surface area contributed by atoms with Gasteiger partial charge in [-0.25, -0.2) is 0 Å². The number of hydrogen-bond acceptors (Lipinski definition) is 6. The SMILES string of the molecule is C/C=C(\OCC(C)CCCCOCCC)C(=O)c1cc(C#N)ccc1-c1ccc(CN)cn1. The molecule has 1 unspecified atom stereocenters. The predicted octanol–water partition coefficient (Wildman–Crippen LogP) is 5.42. The fourth-order valence-corrected chi connectivity index (χ4v) is 3.40. The first-order chi connectivity index (χ1) is 16.0. The van der Waals surface area contributed by atoms with Crippen molar-refractivity contribution >= 4 is 5.78 Å². The number of allylic oxidation sites excluding steroid dienone is 2. The van der Waals surface area contributed by atoms with Crippen LogP contribution in [0.1, 0.15) is 67.9 Å². The largest absolute Gasteiger partial charge is 0.490 e. The second kappa shape index (κ2) is 14.2. The summed E-state index contributed by atoms with van der Waals surface area (Å²) in [6, 6.07) is 10.9. The van der Waals surface area contributed by atoms with Crippen molar-refractivity contribution in [2.75, 3.05) is 19.8 Å². The number of unbranched alkanes of at least 4 members (excludes halogenated alkanes) is 1. The van der Waals surface area contributed by atoms with Gasteiger partial charge in [0.05, 0.1) is 23.9 Å². The zero-order chi connectivity index (χ0) is 24.1. The molecule has 33 heavy (non-hydrogen) atoms. The van der Waals surface area contributed by atoms with E-state index < -0.39 is 0 Å². The third-order valence-corrected chi connectivity index (χ3v) is 5.32. The molecule has 1 heterocycles. The molecular formula is C27H35N3O3. The first kappa shape index (κ1) is 26.2. The van der Waals surface area contributed by atoms with Crippen molar-refractivity contribution in [2.45, 2.75) is 53.0 Å². The Labute approximate surface area is 197 Å². The molecule has 2 aromatic rings. The van der Waals surface area contributed by atoms with E-state index in [1.54, 1.807) is 37.4 Å². The molecule has 0 bridgehead atoms. The number of aromatic nitrogens is 1. The Balaban J connectivity index is 2.08. The fourth-order valence-electron chi connectivity index (χ4n) is 3.40. The molecule has 0 radical (unpaired) electrons. The second-order valence-electron chi connectivity index (χ2n) is 8.13. The average molecular weight is 450 g/mol. The third kappa shape index (κ3) is 8.12. The average Bonchev–Trinajstić information content (AvgIpc) is 2.86. The highest BCUT2D eigenvalue weighted by atomic mass is 16.5. The van der Waals surface area contributed by atoms with E-state index in [2.05, 4.69) is 24.9 Å². The smallest absolute Gasteiger partial charge is 0.227 e. The summed E-state index contributed by atoms with van der Waals surface area (Å²) in [6.45, 7) is 8.46. The van der Waals surface area contributed by atoms with E-state index in [1.165, 1.54) is 0 Å². The van der Waals surface area contributed by atoms with Crippen LogP contribution in [0.2, 0.25) is 0 Å². The lowest BCUT2D eigenvalue weighted by Crippen LogP contribution is -2.13. The molecule has 6 heteroatoms. The van der Waals surface area contributed by atoms with E-state index >= 15 is 0 Å². The lowest BCUT2D eigenvalue weighted by Gasteiger charge is -2.16. The molecule has 2 N–H and O–H groups in total. The monoisotopic (exact) mass is 449 g/mol. The normalized spacial score (nSPS) is 12.3. The van der Waals surface area contributed by atoms with Crippen molar-refractivity contribution in [2.24, 2.45) is 11.7 Å². The summed E-state index contributed by atoms with van der Waals surface area (Å²) in [7, 11) is 0. The molecule has 6 nitrogen and oxygen atoms in total. The lowest BCUT2D eigenvalue weighted by molar-refractivity contribution is 0.0879. The summed E-state index contributed by atoms with van der Waals surface area (Å²) < 4.78 is 11.4. The summed E-state index contributed by atoms with van der Waals surface area (Å²) in [4.78, 5) is 17.8. The van der Waals surface area contributed by atoms with Crippen LogP contribution in [0.4, 0.5) is 0 Å². The number of nitrogens with zero attached hydrogens (tertiary/aromatic N) is 2. The molecule has 0 saturated carbocycles. The molecular weight excluding hydrogens is 414 g/mol. The Morgan fingerprint density at radius 2 is 2.06 bits per heavy atom. The maximum Gasteiger partial charge on any atom is 0.227 e. The van der Waals surface area contributed by atoms with E-state index in [4.69, 9.17) is 15.2 Å². The third-order valence-electron chi connectivity index (χ3n) is 5.32. The highest BCUT2D eigenvalue weighted by molar-refractivity contribution is 6.11. The van der Waals surface area contributed by atoms with Crippen LogP contribution in [0.3, 0.4) is 0 Å². The van der Waals surface area contributed by atoms with Crippen molar-refractivity contribution in [1.82, 2.24) is 4.98 Å². The molecule has 1 atom stereocenters. The predicted molar refractivity (Wildman–Crippen MR) is 130 cm³/mol. The molecule has 0 saturated heterocycles. The van der Waals surface area contributed by atoms with Crippen LogP contribution >= 0.6 is 0 Å². The highest BCUT2D eigenvalue weighted by Crippen LogP contribution is 2.26. The molecule has 0 aliphatic heterocycles. The fraction of sp³-hybridized carbons (Fsp3) is 0.444. The minimum Gasteiger partial charge on any atom is -0.490 e. The molecule has 0 aliphatic carbocycles. The van der Waals surface area contributed by atoms with Crippen LogP contribution in [-0.4, -0.2) is 30.6 Å². The van der Waals surface area contributed by atoms with Crippen molar-refractivity contribution in [3.8, 4) is 17.3 Å². The van der Waals surface area contributed by atoms with Gasteiger partial charge in [0, 0.05) is 37.1 Å². The van der Waals surface area contributed by atoms with Gasteiger partial charge in [0.2, 0.25) is 5.78 Å². The van der Waals surface area contributed by atoms with Crippen LogP contribution in [0.15, 0.2) is 48.4 Å². The number of hydrogen-bond donors (Lipinski definition) is 1. The van der Waals surface area contributed by atoms with Gasteiger partial charge < -0.3 is 15.2 Å². The first-order valence-corrected chi connectivity index (χ1v) is 11.6. The topological polar surface area (TPSA) is 98.2 Å². The van der Waals surface area contributed by atoms with Crippen LogP contribution in [0.25, 0.3) is 11.3 Å². The summed E-state index contributed by atoms with van der Waals surface area (Å²) in [5, 5.41) is 9.35. The number of rotatable bonds is 14. The number of nitrogens with two attached hydrogens (primary N) is 1. The van der Waals surface area contributed by atoms with Gasteiger partial charge in [-0.3, -0.25) is 9.78 Å². The number of benzene rings is 1. The van der Waals surface area contributed by atoms with Gasteiger partial charge in [-0.1, -0.05) is 32.4 Å². The number of ether oxygens (including phenoxy) is 2. The summed E-state index contributed by atoms with van der Waals surface area (Å²) in [5.74, 6) is 0.340. The maximum atomic E-state index is 13.4. The van der Waals surface area contributed by atoms with E-state index in [1.807, 2.05) is 12.1 Å². The second-order valence-corrected chi connectivity index (χ2v) is 8.13. The van der Waals surface area contributed by atoms with Gasteiger partial charge in [0.15, 0.2) is 5.76 Å². The summed E-state index contributed by atoms with van der Waals surface area (Å²) >= 11 is 0. The van der Waals surface area contributed by atoms with Crippen LogP contribution in [0.5, 0.6) is 0 Å². The number of nitriles is 1. The number of carbonyl (C=O) groups is 1. The van der Waals surface area contributed by atoms with Crippen LogP contribution in [-0.2, 0) is 16.0 Å². The van der Waals surface area contributed by atoms with Crippen LogP contribution < -0.4 is 5.73 Å². The van der Waals surface area contributed by atoms with E-state index in [0.717, 1.165) is 44.5 Å². The van der Waals surface area contributed by atoms with E-state index in [0.29, 0.717) is 41.5 Å². The maximum absolute atomic E-state index is 13.4. The van der Waals surface area contributed by atoms with Gasteiger partial charge in [-0.15, -0.1) is 0 Å². The molecule has 2 rings (SSSR count). The Hall–Kier alpha value is -3.01. The zero-order valence-electron chi connectivity index (χ0n) is 20.0. The molecule has 0 amide bonds. The molecule has 176 valence electrons. The first-order valence-electron chi connectivity index (χ1n) is 11.6. The van der Waals surface area contributed by atoms with Gasteiger partial charge in [0.1, 0.15) is 0 Å². The van der Waals surface area contributed by atoms with Gasteiger partial charge >= 0.3 is 0 Å². The van der Waals surface area contributed by atoms with Gasteiger partial charge in [0.25, 0.3) is 0 Å². The standard InChI is InChI=1S/C27H35N3O3/c1-4-13-32-14-7-6-8-20(3)19-33-26(5-2)27(31)24-15-21(16-28)9-11-23(24)25-12-10-22(17-29)18-30-25/h5,9-12,15,18,20H,4,6-8,13-14,17,19,29H2,1-3H3/b26-5-. The quantitative estimate of drug-likeness (QED) is 0.179. The summed E-state index contributed by atoms with van der Waals surface area (Å²) in [5.41, 5.74) is 8.69. The van der Waals surface area contributed by atoms with E-state index in [9.17, 15) is 10.1 Å². The number of carbonyl (C=O) groups excluding carboxylic acids is 1. The molecule has 0 fully saturated rings. The van der Waals surface area contributed by atoms with Crippen LogP contribution in [0, 0.1) is 17.2 Å². The number of Topliss-reactive ketones (excluding diaryl/α,β-unsaturated/α-hetero) is 1. The Morgan fingerprint density at radius 1 is 1.24 bits per heavy atom. The zero-order valence-corrected chi connectivity index (χ0v) is 20.0. The molecule has 0 aliphatic rings. The Morgan fingerprint density at radius 3 is 2.70 bits per heavy atom. The van der Waals surface area contributed by atoms with Crippen molar-refractivity contribution in [1.29, 1.82) is 5.26 Å². The molecule has 1 aromatic carbocycles. The molecule has 0 spiro atoms. The number of ketones is 1. The van der Waals surface area contributed by atoms with Gasteiger partial charge in [-0.05, 0) is 61.9 Å². The Bertz CT molecular complexity index is 962. The lowest BCUT2D eigenvalue weighted by atomic mass is 9.96. The van der Waals surface area contributed by atoms with Crippen molar-refractivity contribution in [3.63, 3.8) is 0 Å².